The van der Waals surface area contributed by atoms with E-state index >= 15 is 0 Å². The molecule has 0 radical (unpaired) electrons. The van der Waals surface area contributed by atoms with Gasteiger partial charge in [-0.25, -0.2) is 0 Å². The first-order valence-electron chi connectivity index (χ1n) is 6.74. The van der Waals surface area contributed by atoms with Crippen molar-refractivity contribution in [1.82, 2.24) is 5.32 Å². The van der Waals surface area contributed by atoms with E-state index in [1.165, 1.54) is 0 Å². The van der Waals surface area contributed by atoms with Crippen LogP contribution in [0.15, 0.2) is 22.7 Å². The summed E-state index contributed by atoms with van der Waals surface area (Å²) < 4.78 is 11.5. The molecule has 1 amide bonds. The number of ether oxygens (including phenoxy) is 2. The van der Waals surface area contributed by atoms with Crippen molar-refractivity contribution in [2.24, 2.45) is 5.92 Å². The van der Waals surface area contributed by atoms with Gasteiger partial charge in [-0.05, 0) is 30.5 Å². The lowest BCUT2D eigenvalue weighted by molar-refractivity contribution is 0.0903. The highest BCUT2D eigenvalue weighted by Gasteiger charge is 2.11. The minimum atomic E-state index is -0.151. The van der Waals surface area contributed by atoms with Crippen LogP contribution in [-0.4, -0.2) is 32.8 Å². The molecular weight excluding hydrogens is 322 g/mol. The van der Waals surface area contributed by atoms with Crippen LogP contribution in [0.25, 0.3) is 0 Å². The molecule has 20 heavy (non-hydrogen) atoms. The van der Waals surface area contributed by atoms with Gasteiger partial charge in [0.2, 0.25) is 0 Å². The van der Waals surface area contributed by atoms with E-state index in [1.807, 2.05) is 6.07 Å². The molecule has 0 heterocycles. The van der Waals surface area contributed by atoms with Gasteiger partial charge in [0.15, 0.2) is 0 Å². The lowest BCUT2D eigenvalue weighted by Crippen LogP contribution is -2.27. The Morgan fingerprint density at radius 3 is 2.75 bits per heavy atom. The van der Waals surface area contributed by atoms with Crippen LogP contribution in [0.3, 0.4) is 0 Å². The highest BCUT2D eigenvalue weighted by atomic mass is 79.9. The van der Waals surface area contributed by atoms with E-state index in [1.54, 1.807) is 19.2 Å². The molecule has 0 spiro atoms. The first-order valence-corrected chi connectivity index (χ1v) is 7.53. The largest absolute Gasteiger partial charge is 0.496 e. The second-order valence-electron chi connectivity index (χ2n) is 4.90. The van der Waals surface area contributed by atoms with Gasteiger partial charge in [-0.3, -0.25) is 4.79 Å². The van der Waals surface area contributed by atoms with E-state index in [-0.39, 0.29) is 5.91 Å². The quantitative estimate of drug-likeness (QED) is 0.737. The number of benzene rings is 1. The molecule has 4 nitrogen and oxygen atoms in total. The Hall–Kier alpha value is -1.07. The van der Waals surface area contributed by atoms with Crippen molar-refractivity contribution in [3.63, 3.8) is 0 Å². The fraction of sp³-hybridized carbons (Fsp3) is 0.533. The van der Waals surface area contributed by atoms with Gasteiger partial charge in [-0.2, -0.15) is 0 Å². The summed E-state index contributed by atoms with van der Waals surface area (Å²) in [6.45, 7) is 6.07. The Bertz CT molecular complexity index is 435. The smallest absolute Gasteiger partial charge is 0.255 e. The zero-order chi connectivity index (χ0) is 15.0. The van der Waals surface area contributed by atoms with E-state index in [4.69, 9.17) is 9.47 Å². The average Bonchev–Trinajstić information content (AvgIpc) is 2.41. The number of hydrogen-bond donors (Lipinski definition) is 1. The fourth-order valence-electron chi connectivity index (χ4n) is 1.61. The van der Waals surface area contributed by atoms with E-state index in [0.717, 1.165) is 17.5 Å². The minimum Gasteiger partial charge on any atom is -0.496 e. The Morgan fingerprint density at radius 1 is 1.35 bits per heavy atom. The average molecular weight is 344 g/mol. The maximum Gasteiger partial charge on any atom is 0.255 e. The monoisotopic (exact) mass is 343 g/mol. The predicted octanol–water partition coefficient (Wildman–Crippen LogP) is 3.25. The molecule has 0 unspecified atom stereocenters. The van der Waals surface area contributed by atoms with Crippen LogP contribution in [-0.2, 0) is 4.74 Å². The molecule has 1 N–H and O–H groups in total. The van der Waals surface area contributed by atoms with Gasteiger partial charge in [0.25, 0.3) is 5.91 Å². The number of methoxy groups -OCH3 is 1. The Morgan fingerprint density at radius 2 is 2.10 bits per heavy atom. The summed E-state index contributed by atoms with van der Waals surface area (Å²) in [5.41, 5.74) is 0.526. The Labute approximate surface area is 129 Å². The molecule has 0 bridgehead atoms. The first kappa shape index (κ1) is 17.0. The summed E-state index contributed by atoms with van der Waals surface area (Å²) in [5.74, 6) is 1.04. The lowest BCUT2D eigenvalue weighted by atomic mass is 10.1. The van der Waals surface area contributed by atoms with Crippen molar-refractivity contribution in [1.29, 1.82) is 0 Å². The summed E-state index contributed by atoms with van der Waals surface area (Å²) in [7, 11) is 1.55. The third kappa shape index (κ3) is 5.92. The summed E-state index contributed by atoms with van der Waals surface area (Å²) in [6, 6.07) is 5.32. The second-order valence-corrected chi connectivity index (χ2v) is 5.81. The predicted molar refractivity (Wildman–Crippen MR) is 83.3 cm³/mol. The Balaban J connectivity index is 2.36. The number of nitrogens with one attached hydrogen (secondary N) is 1. The van der Waals surface area contributed by atoms with Gasteiger partial charge in [-0.1, -0.05) is 29.8 Å². The van der Waals surface area contributed by atoms with Crippen molar-refractivity contribution in [3.8, 4) is 5.75 Å². The summed E-state index contributed by atoms with van der Waals surface area (Å²) in [5, 5.41) is 2.82. The van der Waals surface area contributed by atoms with E-state index in [2.05, 4.69) is 35.1 Å². The minimum absolute atomic E-state index is 0.151. The SMILES string of the molecule is COc1cc(Br)ccc1C(=O)NCCOCCC(C)C. The number of amides is 1. The third-order valence-electron chi connectivity index (χ3n) is 2.78. The number of rotatable bonds is 8. The third-order valence-corrected chi connectivity index (χ3v) is 3.27. The van der Waals surface area contributed by atoms with Crippen LogP contribution >= 0.6 is 15.9 Å². The molecule has 0 aliphatic carbocycles. The molecule has 5 heteroatoms. The Kier molecular flexibility index (Phi) is 7.62. The second kappa shape index (κ2) is 8.97. The summed E-state index contributed by atoms with van der Waals surface area (Å²) in [4.78, 5) is 12.0. The van der Waals surface area contributed by atoms with E-state index in [0.29, 0.717) is 30.4 Å². The van der Waals surface area contributed by atoms with E-state index < -0.39 is 0 Å². The number of halogens is 1. The molecule has 0 aliphatic heterocycles. The van der Waals surface area contributed by atoms with Gasteiger partial charge >= 0.3 is 0 Å². The summed E-state index contributed by atoms with van der Waals surface area (Å²) >= 11 is 3.35. The van der Waals surface area contributed by atoms with Crippen LogP contribution in [0.4, 0.5) is 0 Å². The van der Waals surface area contributed by atoms with Crippen LogP contribution in [0, 0.1) is 5.92 Å². The molecule has 1 aromatic rings. The molecule has 0 atom stereocenters. The van der Waals surface area contributed by atoms with Gasteiger partial charge in [0.1, 0.15) is 5.75 Å². The zero-order valence-corrected chi connectivity index (χ0v) is 13.8. The van der Waals surface area contributed by atoms with Crippen LogP contribution in [0.2, 0.25) is 0 Å². The standard InChI is InChI=1S/C15H22BrNO3/c1-11(2)6-8-20-9-7-17-15(18)13-5-4-12(16)10-14(13)19-3/h4-5,10-11H,6-9H2,1-3H3,(H,17,18). The van der Waals surface area contributed by atoms with Crippen LogP contribution in [0.5, 0.6) is 5.75 Å². The lowest BCUT2D eigenvalue weighted by Gasteiger charge is -2.10. The molecular formula is C15H22BrNO3. The summed E-state index contributed by atoms with van der Waals surface area (Å²) in [6.07, 6.45) is 1.04. The van der Waals surface area contributed by atoms with Gasteiger partial charge in [0.05, 0.1) is 19.3 Å². The van der Waals surface area contributed by atoms with Crippen molar-refractivity contribution in [2.75, 3.05) is 26.9 Å². The molecule has 0 aromatic heterocycles. The van der Waals surface area contributed by atoms with Crippen LogP contribution < -0.4 is 10.1 Å². The normalized spacial score (nSPS) is 10.7. The first-order chi connectivity index (χ1) is 9.54. The van der Waals surface area contributed by atoms with Crippen molar-refractivity contribution in [3.05, 3.63) is 28.2 Å². The molecule has 1 rings (SSSR count). The maximum atomic E-state index is 12.0. The molecule has 0 aliphatic rings. The van der Waals surface area contributed by atoms with Crippen molar-refractivity contribution >= 4 is 21.8 Å². The molecule has 0 saturated heterocycles. The zero-order valence-electron chi connectivity index (χ0n) is 12.2. The topological polar surface area (TPSA) is 47.6 Å². The van der Waals surface area contributed by atoms with Gasteiger partial charge in [0, 0.05) is 17.6 Å². The fourth-order valence-corrected chi connectivity index (χ4v) is 1.95. The molecule has 112 valence electrons. The number of hydrogen-bond acceptors (Lipinski definition) is 3. The van der Waals surface area contributed by atoms with E-state index in [9.17, 15) is 4.79 Å². The van der Waals surface area contributed by atoms with Gasteiger partial charge in [-0.15, -0.1) is 0 Å². The highest BCUT2D eigenvalue weighted by Crippen LogP contribution is 2.23. The molecule has 0 fully saturated rings. The van der Waals surface area contributed by atoms with Crippen molar-refractivity contribution in [2.45, 2.75) is 20.3 Å². The van der Waals surface area contributed by atoms with Crippen molar-refractivity contribution < 1.29 is 14.3 Å². The maximum absolute atomic E-state index is 12.0. The van der Waals surface area contributed by atoms with Crippen LogP contribution in [0.1, 0.15) is 30.6 Å². The van der Waals surface area contributed by atoms with Gasteiger partial charge < -0.3 is 14.8 Å². The molecule has 1 aromatic carbocycles. The highest BCUT2D eigenvalue weighted by molar-refractivity contribution is 9.10. The molecule has 0 saturated carbocycles. The number of carbonyl (C=O) groups excluding carboxylic acids is 1. The number of carbonyl (C=O) groups is 1.